The Kier molecular flexibility index (Phi) is 8.70. The van der Waals surface area contributed by atoms with E-state index in [1.807, 2.05) is 19.0 Å². The maximum Gasteiger partial charge on any atom is 0.573 e. The van der Waals surface area contributed by atoms with E-state index in [2.05, 4.69) is 30.7 Å². The number of nitrogens with zero attached hydrogens (tertiary/aromatic N) is 3. The van der Waals surface area contributed by atoms with Crippen LogP contribution in [-0.2, 0) is 4.79 Å². The van der Waals surface area contributed by atoms with Crippen LogP contribution in [0.1, 0.15) is 37.4 Å². The van der Waals surface area contributed by atoms with Gasteiger partial charge in [0.05, 0.1) is 22.5 Å². The second kappa shape index (κ2) is 12.1. The largest absolute Gasteiger partial charge is 0.573 e. The Morgan fingerprint density at radius 3 is 2.53 bits per heavy atom. The molecule has 2 aliphatic rings. The van der Waals surface area contributed by atoms with E-state index in [-0.39, 0.29) is 40.6 Å². The molecule has 1 amide bonds. The Morgan fingerprint density at radius 2 is 1.91 bits per heavy atom. The summed E-state index contributed by atoms with van der Waals surface area (Å²) in [6, 6.07) is 1.13. The third-order valence-electron chi connectivity index (χ3n) is 8.41. The van der Waals surface area contributed by atoms with Gasteiger partial charge in [0, 0.05) is 42.5 Å². The lowest BCUT2D eigenvalue weighted by Crippen LogP contribution is -2.64. The molecule has 1 aliphatic heterocycles. The molecule has 5 rings (SSSR count). The van der Waals surface area contributed by atoms with Gasteiger partial charge in [0.15, 0.2) is 17.4 Å². The van der Waals surface area contributed by atoms with Crippen LogP contribution in [0.25, 0.3) is 22.0 Å². The van der Waals surface area contributed by atoms with Crippen LogP contribution in [-0.4, -0.2) is 78.6 Å². The molecule has 3 heterocycles. The van der Waals surface area contributed by atoms with Gasteiger partial charge in [0.25, 0.3) is 0 Å². The Hall–Kier alpha value is -3.98. The minimum atomic E-state index is -5.27. The second-order valence-electron chi connectivity index (χ2n) is 11.9. The number of aromatic nitrogens is 2. The number of nitrogens with one attached hydrogen (secondary N) is 3. The number of halogens is 5. The molecule has 1 saturated carbocycles. The fourth-order valence-corrected chi connectivity index (χ4v) is 5.63. The molecule has 0 bridgehead atoms. The van der Waals surface area contributed by atoms with Crippen LogP contribution in [0.5, 0.6) is 11.6 Å². The molecule has 1 aromatic carbocycles. The molecule has 10 nitrogen and oxygen atoms in total. The van der Waals surface area contributed by atoms with Crippen LogP contribution in [0.15, 0.2) is 12.1 Å². The lowest BCUT2D eigenvalue weighted by Gasteiger charge is -2.42. The Balaban J connectivity index is 1.53. The average molecular weight is 638 g/mol. The second-order valence-corrected chi connectivity index (χ2v) is 11.9. The van der Waals surface area contributed by atoms with Gasteiger partial charge in [-0.05, 0) is 65.8 Å². The maximum absolute atomic E-state index is 16.4. The minimum Gasteiger partial charge on any atom is -0.472 e. The molecule has 0 saturated heterocycles. The quantitative estimate of drug-likeness (QED) is 0.199. The summed E-state index contributed by atoms with van der Waals surface area (Å²) in [5, 5.41) is 9.87. The van der Waals surface area contributed by atoms with Gasteiger partial charge in [-0.25, -0.2) is 18.7 Å². The summed E-state index contributed by atoms with van der Waals surface area (Å²) in [6.45, 7) is 6.47. The highest BCUT2D eigenvalue weighted by molar-refractivity contribution is 6.01. The van der Waals surface area contributed by atoms with Crippen molar-refractivity contribution in [1.82, 2.24) is 25.5 Å². The zero-order chi connectivity index (χ0) is 32.8. The summed E-state index contributed by atoms with van der Waals surface area (Å²) in [6.07, 6.45) is -3.71. The number of likely N-dealkylation sites (N-methyl/N-ethyl adjacent to an activating group) is 1. The van der Waals surface area contributed by atoms with Crippen molar-refractivity contribution < 1.29 is 36.2 Å². The Labute approximate surface area is 256 Å². The zero-order valence-electron chi connectivity index (χ0n) is 25.6. The summed E-state index contributed by atoms with van der Waals surface area (Å²) < 4.78 is 81.1. The highest BCUT2D eigenvalue weighted by Gasteiger charge is 2.44. The van der Waals surface area contributed by atoms with Gasteiger partial charge in [0.2, 0.25) is 11.8 Å². The SMILES string of the molecule is Cc1nc2c3c(nc(-c4cc(N)cc(F)c4OC(F)(F)F)c(F)c3c1C)OC(C)[C@H](CNC1(C(=O)NCCN(C)C)CCC1)N2. The summed E-state index contributed by atoms with van der Waals surface area (Å²) in [5.41, 5.74) is 4.31. The van der Waals surface area contributed by atoms with Crippen LogP contribution in [0.3, 0.4) is 0 Å². The summed E-state index contributed by atoms with van der Waals surface area (Å²) in [7, 11) is 3.84. The fraction of sp³-hybridized carbons (Fsp3) is 0.500. The Morgan fingerprint density at radius 1 is 1.20 bits per heavy atom. The number of pyridine rings is 2. The number of benzene rings is 1. The number of anilines is 2. The third kappa shape index (κ3) is 6.41. The number of amides is 1. The first-order chi connectivity index (χ1) is 21.1. The van der Waals surface area contributed by atoms with Crippen molar-refractivity contribution in [2.75, 3.05) is 44.8 Å². The third-order valence-corrected chi connectivity index (χ3v) is 8.41. The van der Waals surface area contributed by atoms with E-state index in [9.17, 15) is 22.4 Å². The molecule has 5 N–H and O–H groups in total. The molecule has 1 unspecified atom stereocenters. The highest BCUT2D eigenvalue weighted by atomic mass is 19.4. The summed E-state index contributed by atoms with van der Waals surface area (Å²) >= 11 is 0. The van der Waals surface area contributed by atoms with Gasteiger partial charge in [-0.3, -0.25) is 4.79 Å². The molecule has 1 aliphatic carbocycles. The predicted octanol–water partition coefficient (Wildman–Crippen LogP) is 4.42. The van der Waals surface area contributed by atoms with Gasteiger partial charge >= 0.3 is 6.36 Å². The summed E-state index contributed by atoms with van der Waals surface area (Å²) in [4.78, 5) is 24.0. The van der Waals surface area contributed by atoms with Crippen molar-refractivity contribution in [3.63, 3.8) is 0 Å². The molecule has 15 heteroatoms. The highest BCUT2D eigenvalue weighted by Crippen LogP contribution is 2.45. The number of hydrogen-bond donors (Lipinski definition) is 4. The van der Waals surface area contributed by atoms with Crippen molar-refractivity contribution >= 4 is 28.2 Å². The molecule has 0 radical (unpaired) electrons. The van der Waals surface area contributed by atoms with Crippen LogP contribution in [0.2, 0.25) is 0 Å². The van der Waals surface area contributed by atoms with Crippen molar-refractivity contribution in [1.29, 1.82) is 0 Å². The van der Waals surface area contributed by atoms with E-state index in [1.165, 1.54) is 0 Å². The molecule has 45 heavy (non-hydrogen) atoms. The van der Waals surface area contributed by atoms with E-state index in [4.69, 9.17) is 10.5 Å². The molecule has 0 spiro atoms. The average Bonchev–Trinajstić information content (AvgIpc) is 3.03. The lowest BCUT2D eigenvalue weighted by molar-refractivity contribution is -0.275. The Bertz CT molecular complexity index is 1630. The predicted molar refractivity (Wildman–Crippen MR) is 159 cm³/mol. The van der Waals surface area contributed by atoms with E-state index >= 15 is 4.39 Å². The van der Waals surface area contributed by atoms with Crippen molar-refractivity contribution in [2.45, 2.75) is 64.1 Å². The van der Waals surface area contributed by atoms with E-state index in [1.54, 1.807) is 20.8 Å². The normalized spacial score (nSPS) is 19.0. The first kappa shape index (κ1) is 32.4. The first-order valence-electron chi connectivity index (χ1n) is 14.6. The molecule has 1 fully saturated rings. The van der Waals surface area contributed by atoms with Crippen molar-refractivity contribution in [3.8, 4) is 22.9 Å². The first-order valence-corrected chi connectivity index (χ1v) is 14.6. The molecular formula is C30H36F5N7O3. The van der Waals surface area contributed by atoms with Gasteiger partial charge < -0.3 is 36.1 Å². The number of nitrogens with two attached hydrogens (primary N) is 1. The standard InChI is InChI=1S/C30H36F5N7O3/c1-14-15(2)39-26-22-21(14)23(32)24(18-11-17(36)12-19(31)25(18)45-30(33,34)35)41-27(22)44-16(3)20(40-26)13-38-29(7-6-8-29)28(43)37-9-10-42(4)5/h11-12,16,20,38H,6-10,13,36H2,1-5H3,(H,37,43)(H,39,40)/t16?,20-/m0/s1. The van der Waals surface area contributed by atoms with Crippen molar-refractivity contribution in [3.05, 3.63) is 35.0 Å². The van der Waals surface area contributed by atoms with Gasteiger partial charge in [-0.1, -0.05) is 0 Å². The number of aryl methyl sites for hydroxylation is 2. The van der Waals surface area contributed by atoms with Crippen LogP contribution >= 0.6 is 0 Å². The van der Waals surface area contributed by atoms with E-state index in [0.29, 0.717) is 43.3 Å². The molecule has 2 atom stereocenters. The topological polar surface area (TPSA) is 127 Å². The number of alkyl halides is 3. The number of nitrogen functional groups attached to an aromatic ring is 1. The fourth-order valence-electron chi connectivity index (χ4n) is 5.63. The number of carbonyl (C=O) groups is 1. The maximum atomic E-state index is 16.4. The number of rotatable bonds is 9. The molecular weight excluding hydrogens is 601 g/mol. The van der Waals surface area contributed by atoms with Crippen molar-refractivity contribution in [2.24, 2.45) is 0 Å². The van der Waals surface area contributed by atoms with Gasteiger partial charge in [-0.2, -0.15) is 0 Å². The molecule has 3 aromatic rings. The van der Waals surface area contributed by atoms with Crippen LogP contribution in [0.4, 0.5) is 33.5 Å². The molecule has 244 valence electrons. The number of ether oxygens (including phenoxy) is 2. The smallest absolute Gasteiger partial charge is 0.472 e. The minimum absolute atomic E-state index is 0.0117. The number of hydrogen-bond acceptors (Lipinski definition) is 9. The monoisotopic (exact) mass is 637 g/mol. The van der Waals surface area contributed by atoms with E-state index < -0.39 is 52.7 Å². The van der Waals surface area contributed by atoms with Crippen LogP contribution < -0.4 is 31.2 Å². The number of carbonyl (C=O) groups excluding carboxylic acids is 1. The van der Waals surface area contributed by atoms with E-state index in [0.717, 1.165) is 12.5 Å². The summed E-state index contributed by atoms with van der Waals surface area (Å²) in [5.74, 6) is -3.68. The molecule has 2 aromatic heterocycles. The van der Waals surface area contributed by atoms with Gasteiger partial charge in [0.1, 0.15) is 17.6 Å². The van der Waals surface area contributed by atoms with Crippen LogP contribution in [0, 0.1) is 25.5 Å². The van der Waals surface area contributed by atoms with Gasteiger partial charge in [-0.15, -0.1) is 13.2 Å². The zero-order valence-corrected chi connectivity index (χ0v) is 25.6. The lowest BCUT2D eigenvalue weighted by atomic mass is 9.75.